The lowest BCUT2D eigenvalue weighted by Gasteiger charge is -2.24. The van der Waals surface area contributed by atoms with E-state index in [2.05, 4.69) is 58.0 Å². The molecule has 4 rings (SSSR count). The van der Waals surface area contributed by atoms with Crippen LogP contribution in [0.4, 0.5) is 11.9 Å². The Hall–Kier alpha value is -3.12. The summed E-state index contributed by atoms with van der Waals surface area (Å²) in [5, 5.41) is 11.4. The van der Waals surface area contributed by atoms with Gasteiger partial charge in [0.1, 0.15) is 6.04 Å². The van der Waals surface area contributed by atoms with Crippen molar-refractivity contribution in [3.8, 4) is 0 Å². The molecule has 1 amide bonds. The minimum atomic E-state index is -0.157. The number of aryl methyl sites for hydroxylation is 1. The first-order valence-corrected chi connectivity index (χ1v) is 10.3. The van der Waals surface area contributed by atoms with Gasteiger partial charge in [0, 0.05) is 17.1 Å². The van der Waals surface area contributed by atoms with Crippen molar-refractivity contribution in [1.82, 2.24) is 14.8 Å². The summed E-state index contributed by atoms with van der Waals surface area (Å²) in [7, 11) is 0. The molecule has 30 heavy (non-hydrogen) atoms. The third kappa shape index (κ3) is 4.39. The second-order valence-corrected chi connectivity index (χ2v) is 8.35. The van der Waals surface area contributed by atoms with E-state index < -0.39 is 0 Å². The van der Waals surface area contributed by atoms with Gasteiger partial charge in [0.2, 0.25) is 11.9 Å². The zero-order chi connectivity index (χ0) is 21.3. The maximum absolute atomic E-state index is 12.2. The summed E-state index contributed by atoms with van der Waals surface area (Å²) in [5.74, 6) is 1.04. The molecule has 3 aromatic rings. The molecule has 0 fully saturated rings. The zero-order valence-electron chi connectivity index (χ0n) is 17.2. The molecule has 154 valence electrons. The Bertz CT molecular complexity index is 1080. The molecule has 0 unspecified atom stereocenters. The van der Waals surface area contributed by atoms with Crippen LogP contribution in [0.25, 0.3) is 5.70 Å². The van der Waals surface area contributed by atoms with Crippen LogP contribution >= 0.6 is 11.6 Å². The Labute approximate surface area is 181 Å². The Morgan fingerprint density at radius 3 is 2.53 bits per heavy atom. The summed E-state index contributed by atoms with van der Waals surface area (Å²) in [5.41, 5.74) is 4.18. The van der Waals surface area contributed by atoms with E-state index in [1.165, 1.54) is 5.56 Å². The van der Waals surface area contributed by atoms with Crippen LogP contribution in [0.2, 0.25) is 5.02 Å². The van der Waals surface area contributed by atoms with E-state index in [9.17, 15) is 4.79 Å². The number of rotatable bonds is 5. The minimum Gasteiger partial charge on any atom is -0.324 e. The highest BCUT2D eigenvalue weighted by Gasteiger charge is 2.26. The number of halogens is 1. The number of allylic oxidation sites excluding steroid dienone is 1. The molecule has 1 aliphatic rings. The van der Waals surface area contributed by atoms with Gasteiger partial charge in [-0.3, -0.25) is 10.1 Å². The predicted octanol–water partition coefficient (Wildman–Crippen LogP) is 5.28. The lowest BCUT2D eigenvalue weighted by molar-refractivity contribution is -0.116. The van der Waals surface area contributed by atoms with Crippen LogP contribution in [0.3, 0.4) is 0 Å². The maximum atomic E-state index is 12.2. The van der Waals surface area contributed by atoms with E-state index in [1.54, 1.807) is 4.68 Å². The molecule has 0 spiro atoms. The van der Waals surface area contributed by atoms with E-state index in [0.29, 0.717) is 23.3 Å². The second-order valence-electron chi connectivity index (χ2n) is 7.92. The second kappa shape index (κ2) is 8.32. The van der Waals surface area contributed by atoms with Gasteiger partial charge in [0.15, 0.2) is 0 Å². The molecule has 0 bridgehead atoms. The van der Waals surface area contributed by atoms with Gasteiger partial charge in [0.05, 0.1) is 0 Å². The van der Waals surface area contributed by atoms with E-state index >= 15 is 0 Å². The van der Waals surface area contributed by atoms with Gasteiger partial charge in [-0.25, -0.2) is 4.68 Å². The number of carbonyl (C=O) groups is 1. The summed E-state index contributed by atoms with van der Waals surface area (Å²) in [6, 6.07) is 15.8. The van der Waals surface area contributed by atoms with Crippen molar-refractivity contribution < 1.29 is 4.79 Å². The molecule has 0 saturated carbocycles. The Balaban J connectivity index is 1.71. The summed E-state index contributed by atoms with van der Waals surface area (Å²) >= 11 is 6.05. The quantitative estimate of drug-likeness (QED) is 0.587. The number of anilines is 2. The minimum absolute atomic E-state index is 0.0919. The number of nitrogens with one attached hydrogen (secondary N) is 2. The van der Waals surface area contributed by atoms with Crippen LogP contribution in [0, 0.1) is 12.8 Å². The topological polar surface area (TPSA) is 71.8 Å². The third-order valence-electron chi connectivity index (χ3n) is 4.88. The average Bonchev–Trinajstić information content (AvgIpc) is 3.10. The van der Waals surface area contributed by atoms with E-state index in [1.807, 2.05) is 38.1 Å². The van der Waals surface area contributed by atoms with Crippen LogP contribution < -0.4 is 10.6 Å². The zero-order valence-corrected chi connectivity index (χ0v) is 17.9. The van der Waals surface area contributed by atoms with Crippen LogP contribution in [0.15, 0.2) is 54.6 Å². The number of benzene rings is 2. The van der Waals surface area contributed by atoms with Crippen LogP contribution in [0.5, 0.6) is 0 Å². The van der Waals surface area contributed by atoms with Gasteiger partial charge in [-0.15, -0.1) is 5.10 Å². The molecule has 0 radical (unpaired) electrons. The summed E-state index contributed by atoms with van der Waals surface area (Å²) in [4.78, 5) is 16.7. The number of fused-ring (bicyclic) bond motifs is 1. The number of hydrogen-bond donors (Lipinski definition) is 2. The number of hydrogen-bond acceptors (Lipinski definition) is 4. The van der Waals surface area contributed by atoms with E-state index in [-0.39, 0.29) is 17.9 Å². The Morgan fingerprint density at radius 1 is 1.17 bits per heavy atom. The van der Waals surface area contributed by atoms with Crippen molar-refractivity contribution >= 4 is 35.1 Å². The number of nitrogens with zero attached hydrogens (tertiary/aromatic N) is 3. The smallest absolute Gasteiger partial charge is 0.250 e. The summed E-state index contributed by atoms with van der Waals surface area (Å²) in [6.07, 6.45) is 2.53. The van der Waals surface area contributed by atoms with Crippen molar-refractivity contribution in [3.05, 3.63) is 76.3 Å². The molecule has 1 aromatic heterocycles. The van der Waals surface area contributed by atoms with Gasteiger partial charge in [-0.1, -0.05) is 67.4 Å². The van der Waals surface area contributed by atoms with Crippen LogP contribution in [-0.2, 0) is 4.79 Å². The van der Waals surface area contributed by atoms with Crippen molar-refractivity contribution in [2.75, 3.05) is 10.6 Å². The number of carbonyl (C=O) groups excluding carboxylic acids is 1. The normalized spacial score (nSPS) is 15.4. The molecule has 6 nitrogen and oxygen atoms in total. The van der Waals surface area contributed by atoms with Crippen molar-refractivity contribution in [2.24, 2.45) is 5.92 Å². The molecule has 2 heterocycles. The molecule has 2 aromatic carbocycles. The molecular weight excluding hydrogens is 398 g/mol. The highest BCUT2D eigenvalue weighted by Crippen LogP contribution is 2.33. The first-order valence-electron chi connectivity index (χ1n) is 9.97. The van der Waals surface area contributed by atoms with Crippen LogP contribution in [0.1, 0.15) is 43.0 Å². The Kier molecular flexibility index (Phi) is 5.59. The van der Waals surface area contributed by atoms with Crippen molar-refractivity contribution in [3.63, 3.8) is 0 Å². The largest absolute Gasteiger partial charge is 0.324 e. The van der Waals surface area contributed by atoms with Crippen molar-refractivity contribution in [1.29, 1.82) is 0 Å². The fourth-order valence-corrected chi connectivity index (χ4v) is 3.52. The first kappa shape index (κ1) is 20.2. The van der Waals surface area contributed by atoms with Crippen molar-refractivity contribution in [2.45, 2.75) is 33.2 Å². The molecule has 0 saturated heterocycles. The molecular formula is C23H24ClN5O. The SMILES string of the molecule is Cc1ccc([C@@H]2C=C(c3ccc(Cl)cc3)Nc3nc(NC(=O)CC(C)C)nn32)cc1. The van der Waals surface area contributed by atoms with E-state index in [0.717, 1.165) is 16.8 Å². The first-order chi connectivity index (χ1) is 14.4. The van der Waals surface area contributed by atoms with Gasteiger partial charge in [-0.05, 0) is 42.2 Å². The van der Waals surface area contributed by atoms with E-state index in [4.69, 9.17) is 11.6 Å². The predicted molar refractivity (Wildman–Crippen MR) is 120 cm³/mol. The average molecular weight is 422 g/mol. The molecule has 0 aliphatic carbocycles. The lowest BCUT2D eigenvalue weighted by atomic mass is 10.0. The third-order valence-corrected chi connectivity index (χ3v) is 5.14. The van der Waals surface area contributed by atoms with Crippen LogP contribution in [-0.4, -0.2) is 20.7 Å². The number of amides is 1. The standard InChI is InChI=1S/C23H24ClN5O/c1-14(2)12-21(30)26-22-27-23-25-19(16-8-10-18(24)11-9-16)13-20(29(23)28-22)17-6-4-15(3)5-7-17/h4-11,13-14,20H,12H2,1-3H3,(H2,25,26,27,28,30)/t20-/m0/s1. The number of aromatic nitrogens is 3. The fraction of sp³-hybridized carbons (Fsp3) is 0.261. The van der Waals surface area contributed by atoms with Gasteiger partial charge >= 0.3 is 0 Å². The highest BCUT2D eigenvalue weighted by molar-refractivity contribution is 6.30. The molecule has 7 heteroatoms. The lowest BCUT2D eigenvalue weighted by Crippen LogP contribution is -2.20. The van der Waals surface area contributed by atoms with Gasteiger partial charge < -0.3 is 5.32 Å². The molecule has 1 atom stereocenters. The summed E-state index contributed by atoms with van der Waals surface area (Å²) in [6.45, 7) is 6.06. The summed E-state index contributed by atoms with van der Waals surface area (Å²) < 4.78 is 1.80. The van der Waals surface area contributed by atoms with Gasteiger partial charge in [0.25, 0.3) is 5.95 Å². The van der Waals surface area contributed by atoms with Gasteiger partial charge in [-0.2, -0.15) is 4.98 Å². The molecule has 1 aliphatic heterocycles. The fourth-order valence-electron chi connectivity index (χ4n) is 3.39. The monoisotopic (exact) mass is 421 g/mol. The Morgan fingerprint density at radius 2 is 1.87 bits per heavy atom. The maximum Gasteiger partial charge on any atom is 0.250 e. The molecule has 2 N–H and O–H groups in total. The highest BCUT2D eigenvalue weighted by atomic mass is 35.5.